The second-order valence-electron chi connectivity index (χ2n) is 8.52. The Morgan fingerprint density at radius 2 is 2.08 bits per heavy atom. The molecule has 5 rings (SSSR count). The highest BCUT2D eigenvalue weighted by Crippen LogP contribution is 2.72. The molecule has 1 aromatic rings. The first kappa shape index (κ1) is 15.3. The normalized spacial score (nSPS) is 37.0. The van der Waals surface area contributed by atoms with Crippen molar-refractivity contribution in [3.63, 3.8) is 0 Å². The molecular formula is C18H24N4O3. The van der Waals surface area contributed by atoms with Gasteiger partial charge in [-0.1, -0.05) is 5.21 Å². The van der Waals surface area contributed by atoms with Gasteiger partial charge in [-0.2, -0.15) is 0 Å². The minimum absolute atomic E-state index is 0.123. The first-order chi connectivity index (χ1) is 12.1. The van der Waals surface area contributed by atoms with Crippen LogP contribution in [0.15, 0.2) is 6.20 Å². The largest absolute Gasteiger partial charge is 0.481 e. The summed E-state index contributed by atoms with van der Waals surface area (Å²) in [5.74, 6) is 0.779. The number of rotatable bonds is 5. The van der Waals surface area contributed by atoms with Crippen molar-refractivity contribution in [1.82, 2.24) is 20.3 Å². The van der Waals surface area contributed by atoms with Crippen LogP contribution in [0.5, 0.6) is 0 Å². The molecule has 1 heterocycles. The summed E-state index contributed by atoms with van der Waals surface area (Å²) < 4.78 is 1.75. The van der Waals surface area contributed by atoms with Crippen molar-refractivity contribution in [3.05, 3.63) is 11.9 Å². The third kappa shape index (κ3) is 2.31. The molecule has 2 bridgehead atoms. The van der Waals surface area contributed by atoms with Crippen LogP contribution in [0.2, 0.25) is 0 Å². The van der Waals surface area contributed by atoms with Gasteiger partial charge in [-0.15, -0.1) is 5.10 Å². The average molecular weight is 344 g/mol. The number of nitrogens with one attached hydrogen (secondary N) is 1. The van der Waals surface area contributed by atoms with E-state index >= 15 is 0 Å². The topological polar surface area (TPSA) is 97.1 Å². The van der Waals surface area contributed by atoms with E-state index in [1.807, 2.05) is 6.20 Å². The number of carbonyl (C=O) groups is 2. The lowest BCUT2D eigenvalue weighted by atomic mass is 9.80. The smallest absolute Gasteiger partial charge is 0.306 e. The molecule has 3 atom stereocenters. The van der Waals surface area contributed by atoms with Gasteiger partial charge in [-0.25, -0.2) is 4.68 Å². The molecular weight excluding hydrogens is 320 g/mol. The molecule has 4 fully saturated rings. The lowest BCUT2D eigenvalue weighted by Crippen LogP contribution is -2.34. The number of aliphatic carboxylic acids is 1. The van der Waals surface area contributed by atoms with Gasteiger partial charge in [0.25, 0.3) is 0 Å². The Morgan fingerprint density at radius 1 is 1.28 bits per heavy atom. The number of carboxylic acids is 1. The Kier molecular flexibility index (Phi) is 3.24. The highest BCUT2D eigenvalue weighted by Gasteiger charge is 2.65. The molecule has 1 spiro atoms. The molecule has 4 saturated carbocycles. The van der Waals surface area contributed by atoms with E-state index in [1.54, 1.807) is 4.68 Å². The molecule has 4 aliphatic rings. The molecule has 2 N–H and O–H groups in total. The Balaban J connectivity index is 1.15. The summed E-state index contributed by atoms with van der Waals surface area (Å²) in [6.07, 6.45) is 9.34. The van der Waals surface area contributed by atoms with Crippen LogP contribution >= 0.6 is 0 Å². The van der Waals surface area contributed by atoms with Gasteiger partial charge in [-0.05, 0) is 62.2 Å². The standard InChI is InChI=1S/C18H24N4O3/c23-16(14-7-11-1-2-15(14)18(11)3-4-18)19-8-12-9-22(21-20-12)13-5-10(6-13)17(24)25/h9-11,13-15H,1-8H2,(H,19,23)(H,24,25)/t10?,11-,13?,14+,15+/m0/s1. The van der Waals surface area contributed by atoms with Crippen LogP contribution in [0.4, 0.5) is 0 Å². The predicted molar refractivity (Wildman–Crippen MR) is 87.3 cm³/mol. The van der Waals surface area contributed by atoms with Crippen LogP contribution in [0.25, 0.3) is 0 Å². The summed E-state index contributed by atoms with van der Waals surface area (Å²) in [4.78, 5) is 23.5. The SMILES string of the molecule is O=C(O)C1CC(n2cc(CNC(=O)[C@@H]3C[C@@H]4CC[C@H]3C43CC3)nn2)C1. The maximum atomic E-state index is 12.6. The molecule has 7 nitrogen and oxygen atoms in total. The molecule has 0 radical (unpaired) electrons. The van der Waals surface area contributed by atoms with Crippen LogP contribution in [0.3, 0.4) is 0 Å². The van der Waals surface area contributed by atoms with Crippen molar-refractivity contribution in [2.24, 2.45) is 29.1 Å². The molecule has 0 aromatic carbocycles. The van der Waals surface area contributed by atoms with Crippen LogP contribution in [0, 0.1) is 29.1 Å². The van der Waals surface area contributed by atoms with Crippen molar-refractivity contribution >= 4 is 11.9 Å². The number of aromatic nitrogens is 3. The van der Waals surface area contributed by atoms with Crippen molar-refractivity contribution in [1.29, 1.82) is 0 Å². The van der Waals surface area contributed by atoms with E-state index < -0.39 is 5.97 Å². The Labute approximate surface area is 146 Å². The number of nitrogens with zero attached hydrogens (tertiary/aromatic N) is 3. The summed E-state index contributed by atoms with van der Waals surface area (Å²) in [5.41, 5.74) is 1.28. The summed E-state index contributed by atoms with van der Waals surface area (Å²) in [6.45, 7) is 0.412. The van der Waals surface area contributed by atoms with Gasteiger partial charge in [0.15, 0.2) is 0 Å². The van der Waals surface area contributed by atoms with Crippen LogP contribution in [0.1, 0.15) is 56.7 Å². The first-order valence-electron chi connectivity index (χ1n) is 9.48. The van der Waals surface area contributed by atoms with E-state index in [2.05, 4.69) is 15.6 Å². The number of hydrogen-bond acceptors (Lipinski definition) is 4. The highest BCUT2D eigenvalue weighted by molar-refractivity contribution is 5.79. The monoisotopic (exact) mass is 344 g/mol. The molecule has 1 amide bonds. The number of carboxylic acid groups (broad SMARTS) is 1. The molecule has 4 aliphatic carbocycles. The zero-order valence-corrected chi connectivity index (χ0v) is 14.2. The number of carbonyl (C=O) groups excluding carboxylic acids is 1. The fourth-order valence-corrected chi connectivity index (χ4v) is 5.78. The molecule has 25 heavy (non-hydrogen) atoms. The van der Waals surface area contributed by atoms with Crippen LogP contribution in [-0.2, 0) is 16.1 Å². The van der Waals surface area contributed by atoms with E-state index in [0.29, 0.717) is 30.7 Å². The van der Waals surface area contributed by atoms with Gasteiger partial charge in [0.05, 0.1) is 24.7 Å². The predicted octanol–water partition coefficient (Wildman–Crippen LogP) is 1.76. The van der Waals surface area contributed by atoms with E-state index in [0.717, 1.165) is 18.0 Å². The molecule has 0 saturated heterocycles. The summed E-state index contributed by atoms with van der Waals surface area (Å²) in [5, 5.41) is 20.2. The minimum atomic E-state index is -0.733. The van der Waals surface area contributed by atoms with Gasteiger partial charge < -0.3 is 10.4 Å². The van der Waals surface area contributed by atoms with E-state index in [4.69, 9.17) is 5.11 Å². The third-order valence-corrected chi connectivity index (χ3v) is 7.40. The van der Waals surface area contributed by atoms with E-state index in [-0.39, 0.29) is 23.8 Å². The minimum Gasteiger partial charge on any atom is -0.481 e. The Bertz CT molecular complexity index is 720. The zero-order chi connectivity index (χ0) is 17.2. The fourth-order valence-electron chi connectivity index (χ4n) is 5.78. The molecule has 0 unspecified atom stereocenters. The fraction of sp³-hybridized carbons (Fsp3) is 0.778. The quantitative estimate of drug-likeness (QED) is 0.848. The molecule has 7 heteroatoms. The van der Waals surface area contributed by atoms with Crippen molar-refractivity contribution < 1.29 is 14.7 Å². The van der Waals surface area contributed by atoms with Crippen molar-refractivity contribution in [2.75, 3.05) is 0 Å². The Morgan fingerprint density at radius 3 is 2.76 bits per heavy atom. The maximum absolute atomic E-state index is 12.6. The van der Waals surface area contributed by atoms with Crippen molar-refractivity contribution in [2.45, 2.75) is 57.5 Å². The second kappa shape index (κ2) is 5.29. The number of amides is 1. The van der Waals surface area contributed by atoms with Crippen LogP contribution < -0.4 is 5.32 Å². The second-order valence-corrected chi connectivity index (χ2v) is 8.52. The zero-order valence-electron chi connectivity index (χ0n) is 14.2. The third-order valence-electron chi connectivity index (χ3n) is 7.40. The van der Waals surface area contributed by atoms with Gasteiger partial charge in [0.1, 0.15) is 5.69 Å². The van der Waals surface area contributed by atoms with E-state index in [1.165, 1.54) is 25.7 Å². The lowest BCUT2D eigenvalue weighted by molar-refractivity contribution is -0.146. The highest BCUT2D eigenvalue weighted by atomic mass is 16.4. The van der Waals surface area contributed by atoms with Crippen LogP contribution in [-0.4, -0.2) is 32.0 Å². The Hall–Kier alpha value is -1.92. The summed E-state index contributed by atoms with van der Waals surface area (Å²) in [6, 6.07) is 0.123. The molecule has 134 valence electrons. The van der Waals surface area contributed by atoms with Gasteiger partial charge >= 0.3 is 5.97 Å². The maximum Gasteiger partial charge on any atom is 0.306 e. The van der Waals surface area contributed by atoms with Crippen molar-refractivity contribution in [3.8, 4) is 0 Å². The van der Waals surface area contributed by atoms with Gasteiger partial charge in [0, 0.05) is 5.92 Å². The lowest BCUT2D eigenvalue weighted by Gasteiger charge is -2.31. The summed E-state index contributed by atoms with van der Waals surface area (Å²) >= 11 is 0. The first-order valence-corrected chi connectivity index (χ1v) is 9.48. The molecule has 0 aliphatic heterocycles. The van der Waals surface area contributed by atoms with E-state index in [9.17, 15) is 9.59 Å². The van der Waals surface area contributed by atoms with Gasteiger partial charge in [-0.3, -0.25) is 9.59 Å². The average Bonchev–Trinajstić information content (AvgIpc) is 2.97. The number of hydrogen-bond donors (Lipinski definition) is 2. The summed E-state index contributed by atoms with van der Waals surface area (Å²) in [7, 11) is 0. The van der Waals surface area contributed by atoms with Gasteiger partial charge in [0.2, 0.25) is 5.91 Å². The molecule has 1 aromatic heterocycles.